The molecule has 0 spiro atoms. The molecular formula is C17H16N2O2. The number of benzene rings is 2. The second-order valence-electron chi connectivity index (χ2n) is 5.19. The minimum absolute atomic E-state index is 0.161. The number of aryl methyl sites for hydroxylation is 3. The van der Waals surface area contributed by atoms with Gasteiger partial charge in [-0.05, 0) is 49.6 Å². The molecule has 0 radical (unpaired) electrons. The van der Waals surface area contributed by atoms with Crippen LogP contribution >= 0.6 is 0 Å². The van der Waals surface area contributed by atoms with Crippen LogP contribution in [0.3, 0.4) is 0 Å². The van der Waals surface area contributed by atoms with Gasteiger partial charge in [0.2, 0.25) is 0 Å². The Balaban J connectivity index is 2.15. The molecule has 0 saturated heterocycles. The fraction of sp³-hybridized carbons (Fsp3) is 0.176. The molecule has 0 fully saturated rings. The summed E-state index contributed by atoms with van der Waals surface area (Å²) in [7, 11) is 0. The lowest BCUT2D eigenvalue weighted by Gasteiger charge is -2.14. The highest BCUT2D eigenvalue weighted by Gasteiger charge is 2.10. The third kappa shape index (κ3) is 2.40. The summed E-state index contributed by atoms with van der Waals surface area (Å²) in [5.41, 5.74) is 3.59. The molecule has 4 heteroatoms. The molecule has 106 valence electrons. The molecule has 0 saturated carbocycles. The summed E-state index contributed by atoms with van der Waals surface area (Å²) < 4.78 is 6.05. The number of fused-ring (bicyclic) bond motifs is 1. The SMILES string of the molecule is Cc1cc2nc[nH]c(=O)c2cc1Oc1c(C)cccc1C. The maximum absolute atomic E-state index is 11.9. The summed E-state index contributed by atoms with van der Waals surface area (Å²) >= 11 is 0. The van der Waals surface area contributed by atoms with Gasteiger partial charge in [0.05, 0.1) is 17.2 Å². The molecule has 1 aromatic heterocycles. The molecule has 1 N–H and O–H groups in total. The Kier molecular flexibility index (Phi) is 3.22. The molecule has 0 amide bonds. The number of nitrogens with zero attached hydrogens (tertiary/aromatic N) is 1. The number of aromatic amines is 1. The summed E-state index contributed by atoms with van der Waals surface area (Å²) in [6, 6.07) is 9.63. The summed E-state index contributed by atoms with van der Waals surface area (Å²) in [4.78, 5) is 18.6. The summed E-state index contributed by atoms with van der Waals surface area (Å²) in [6.07, 6.45) is 1.41. The minimum Gasteiger partial charge on any atom is -0.457 e. The van der Waals surface area contributed by atoms with Crippen molar-refractivity contribution < 1.29 is 4.74 Å². The number of nitrogens with one attached hydrogen (secondary N) is 1. The Bertz CT molecular complexity index is 861. The molecular weight excluding hydrogens is 264 g/mol. The predicted molar refractivity (Wildman–Crippen MR) is 83.1 cm³/mol. The summed E-state index contributed by atoms with van der Waals surface area (Å²) in [5.74, 6) is 1.51. The predicted octanol–water partition coefficient (Wildman–Crippen LogP) is 3.64. The van der Waals surface area contributed by atoms with Crippen molar-refractivity contribution in [3.05, 3.63) is 63.7 Å². The van der Waals surface area contributed by atoms with Gasteiger partial charge < -0.3 is 9.72 Å². The molecule has 0 aliphatic rings. The van der Waals surface area contributed by atoms with Crippen LogP contribution in [-0.4, -0.2) is 9.97 Å². The molecule has 0 bridgehead atoms. The first-order valence-electron chi connectivity index (χ1n) is 6.78. The Labute approximate surface area is 122 Å². The number of ether oxygens (including phenoxy) is 1. The van der Waals surface area contributed by atoms with Crippen molar-refractivity contribution in [3.63, 3.8) is 0 Å². The molecule has 0 unspecified atom stereocenters. The zero-order valence-corrected chi connectivity index (χ0v) is 12.2. The molecule has 0 atom stereocenters. The molecule has 0 aliphatic heterocycles. The van der Waals surface area contributed by atoms with Crippen molar-refractivity contribution in [2.45, 2.75) is 20.8 Å². The van der Waals surface area contributed by atoms with Crippen LogP contribution in [0.15, 0.2) is 41.5 Å². The fourth-order valence-electron chi connectivity index (χ4n) is 2.38. The lowest BCUT2D eigenvalue weighted by Crippen LogP contribution is -2.06. The molecule has 2 aromatic carbocycles. The van der Waals surface area contributed by atoms with E-state index >= 15 is 0 Å². The van der Waals surface area contributed by atoms with E-state index in [1.54, 1.807) is 6.07 Å². The molecule has 4 nitrogen and oxygen atoms in total. The Morgan fingerprint density at radius 3 is 2.48 bits per heavy atom. The van der Waals surface area contributed by atoms with E-state index < -0.39 is 0 Å². The number of H-pyrrole nitrogens is 1. The van der Waals surface area contributed by atoms with E-state index in [1.165, 1.54) is 6.33 Å². The number of aromatic nitrogens is 2. The monoisotopic (exact) mass is 280 g/mol. The average Bonchev–Trinajstić information content (AvgIpc) is 2.44. The third-order valence-corrected chi connectivity index (χ3v) is 3.56. The van der Waals surface area contributed by atoms with E-state index in [-0.39, 0.29) is 5.56 Å². The number of hydrogen-bond donors (Lipinski definition) is 1. The van der Waals surface area contributed by atoms with Crippen molar-refractivity contribution in [2.75, 3.05) is 0 Å². The van der Waals surface area contributed by atoms with Gasteiger partial charge >= 0.3 is 0 Å². The maximum atomic E-state index is 11.9. The zero-order valence-electron chi connectivity index (χ0n) is 12.2. The van der Waals surface area contributed by atoms with Crippen LogP contribution in [0.5, 0.6) is 11.5 Å². The third-order valence-electron chi connectivity index (χ3n) is 3.56. The van der Waals surface area contributed by atoms with E-state index in [0.29, 0.717) is 16.7 Å². The Hall–Kier alpha value is -2.62. The van der Waals surface area contributed by atoms with Gasteiger partial charge in [0.15, 0.2) is 0 Å². The summed E-state index contributed by atoms with van der Waals surface area (Å²) in [6.45, 7) is 5.96. The van der Waals surface area contributed by atoms with Crippen molar-refractivity contribution in [1.82, 2.24) is 9.97 Å². The van der Waals surface area contributed by atoms with Crippen molar-refractivity contribution in [3.8, 4) is 11.5 Å². The van der Waals surface area contributed by atoms with Gasteiger partial charge in [0.25, 0.3) is 5.56 Å². The Morgan fingerprint density at radius 1 is 1.05 bits per heavy atom. The zero-order chi connectivity index (χ0) is 15.0. The highest BCUT2D eigenvalue weighted by molar-refractivity contribution is 5.80. The normalized spacial score (nSPS) is 10.8. The number of rotatable bonds is 2. The first-order valence-corrected chi connectivity index (χ1v) is 6.78. The number of para-hydroxylation sites is 1. The quantitative estimate of drug-likeness (QED) is 0.779. The van der Waals surface area contributed by atoms with Crippen LogP contribution in [0, 0.1) is 20.8 Å². The molecule has 21 heavy (non-hydrogen) atoms. The van der Waals surface area contributed by atoms with Gasteiger partial charge in [-0.1, -0.05) is 18.2 Å². The van der Waals surface area contributed by atoms with Gasteiger partial charge in [-0.25, -0.2) is 4.98 Å². The maximum Gasteiger partial charge on any atom is 0.258 e. The van der Waals surface area contributed by atoms with Gasteiger partial charge in [0, 0.05) is 0 Å². The van der Waals surface area contributed by atoms with E-state index in [0.717, 1.165) is 22.4 Å². The lowest BCUT2D eigenvalue weighted by atomic mass is 10.1. The van der Waals surface area contributed by atoms with Gasteiger partial charge in [0.1, 0.15) is 11.5 Å². The second kappa shape index (κ2) is 5.05. The minimum atomic E-state index is -0.161. The lowest BCUT2D eigenvalue weighted by molar-refractivity contribution is 0.472. The molecule has 3 aromatic rings. The van der Waals surface area contributed by atoms with Crippen LogP contribution < -0.4 is 10.3 Å². The van der Waals surface area contributed by atoms with Crippen LogP contribution in [0.1, 0.15) is 16.7 Å². The highest BCUT2D eigenvalue weighted by Crippen LogP contribution is 2.31. The van der Waals surface area contributed by atoms with E-state index in [9.17, 15) is 4.79 Å². The van der Waals surface area contributed by atoms with Crippen molar-refractivity contribution in [1.29, 1.82) is 0 Å². The number of hydrogen-bond acceptors (Lipinski definition) is 3. The van der Waals surface area contributed by atoms with Crippen LogP contribution in [0.4, 0.5) is 0 Å². The van der Waals surface area contributed by atoms with E-state index in [4.69, 9.17) is 4.74 Å². The Morgan fingerprint density at radius 2 is 1.76 bits per heavy atom. The first-order chi connectivity index (χ1) is 10.1. The van der Waals surface area contributed by atoms with Crippen LogP contribution in [0.25, 0.3) is 10.9 Å². The molecule has 1 heterocycles. The highest BCUT2D eigenvalue weighted by atomic mass is 16.5. The van der Waals surface area contributed by atoms with Gasteiger partial charge in [-0.3, -0.25) is 4.79 Å². The topological polar surface area (TPSA) is 55.0 Å². The van der Waals surface area contributed by atoms with Crippen molar-refractivity contribution in [2.24, 2.45) is 0 Å². The standard InChI is InChI=1S/C17H16N2O2/c1-10-5-4-6-11(2)16(10)21-15-8-13-14(7-12(15)3)18-9-19-17(13)20/h4-9H,1-3H3,(H,18,19,20). The molecule has 0 aliphatic carbocycles. The largest absolute Gasteiger partial charge is 0.457 e. The van der Waals surface area contributed by atoms with Crippen LogP contribution in [-0.2, 0) is 0 Å². The van der Waals surface area contributed by atoms with Crippen LogP contribution in [0.2, 0.25) is 0 Å². The fourth-order valence-corrected chi connectivity index (χ4v) is 2.38. The van der Waals surface area contributed by atoms with E-state index in [2.05, 4.69) is 9.97 Å². The van der Waals surface area contributed by atoms with Gasteiger partial charge in [-0.15, -0.1) is 0 Å². The molecule has 3 rings (SSSR count). The van der Waals surface area contributed by atoms with Gasteiger partial charge in [-0.2, -0.15) is 0 Å². The second-order valence-corrected chi connectivity index (χ2v) is 5.19. The van der Waals surface area contributed by atoms with Crippen molar-refractivity contribution >= 4 is 10.9 Å². The summed E-state index contributed by atoms with van der Waals surface area (Å²) in [5, 5.41) is 0.532. The average molecular weight is 280 g/mol. The van der Waals surface area contributed by atoms with E-state index in [1.807, 2.05) is 45.0 Å². The first kappa shape index (κ1) is 13.4. The smallest absolute Gasteiger partial charge is 0.258 e.